The molecular weight excluding hydrogens is 360 g/mol. The number of nitrogens with zero attached hydrogens (tertiary/aromatic N) is 2. The molecule has 29 heavy (non-hydrogen) atoms. The minimum Gasteiger partial charge on any atom is -0.327 e. The van der Waals surface area contributed by atoms with Crippen LogP contribution in [0.4, 0.5) is 4.79 Å². The predicted octanol–water partition coefficient (Wildman–Crippen LogP) is 4.55. The number of carbonyl (C=O) groups excluding carboxylic acids is 1. The highest BCUT2D eigenvalue weighted by Gasteiger charge is 2.31. The van der Waals surface area contributed by atoms with Gasteiger partial charge < -0.3 is 10.6 Å². The molecule has 140 valence electrons. The third-order valence-corrected chi connectivity index (χ3v) is 5.03. The van der Waals surface area contributed by atoms with E-state index in [4.69, 9.17) is 4.98 Å². The van der Waals surface area contributed by atoms with E-state index in [1.165, 1.54) is 0 Å². The number of benzene rings is 2. The average molecular weight is 378 g/mol. The number of nitrogens with one attached hydrogen (secondary N) is 2. The Morgan fingerprint density at radius 2 is 1.66 bits per heavy atom. The second-order valence-corrected chi connectivity index (χ2v) is 6.86. The van der Waals surface area contributed by atoms with Crippen molar-refractivity contribution in [2.24, 2.45) is 0 Å². The summed E-state index contributed by atoms with van der Waals surface area (Å²) in [6.07, 6.45) is 3.50. The lowest BCUT2D eigenvalue weighted by Crippen LogP contribution is -2.43. The summed E-state index contributed by atoms with van der Waals surface area (Å²) in [5, 5.41) is 7.11. The number of carbonyl (C=O) groups is 1. The van der Waals surface area contributed by atoms with Crippen molar-refractivity contribution in [3.8, 4) is 0 Å². The van der Waals surface area contributed by atoms with Crippen molar-refractivity contribution in [1.29, 1.82) is 0 Å². The fourth-order valence-corrected chi connectivity index (χ4v) is 3.69. The van der Waals surface area contributed by atoms with Crippen LogP contribution >= 0.6 is 0 Å². The summed E-state index contributed by atoms with van der Waals surface area (Å²) in [6.45, 7) is 0. The summed E-state index contributed by atoms with van der Waals surface area (Å²) in [6, 6.07) is 25.2. The van der Waals surface area contributed by atoms with Gasteiger partial charge in [0.1, 0.15) is 0 Å². The standard InChI is InChI=1S/C24H18N4O/c29-24-27-22(17-8-2-1-3-9-17)21(23(28-24)18-10-6-14-25-15-18)20-13-12-16-7-4-5-11-19(16)26-20/h1-15,23H,(H2,27,28,29). The van der Waals surface area contributed by atoms with Gasteiger partial charge >= 0.3 is 6.03 Å². The van der Waals surface area contributed by atoms with Crippen molar-refractivity contribution in [3.63, 3.8) is 0 Å². The molecule has 5 heteroatoms. The van der Waals surface area contributed by atoms with Gasteiger partial charge in [0.25, 0.3) is 0 Å². The number of hydrogen-bond acceptors (Lipinski definition) is 3. The van der Waals surface area contributed by atoms with E-state index >= 15 is 0 Å². The molecule has 0 bridgehead atoms. The number of para-hydroxylation sites is 1. The molecular formula is C24H18N4O. The monoisotopic (exact) mass is 378 g/mol. The molecule has 2 aromatic heterocycles. The molecule has 2 aromatic carbocycles. The summed E-state index contributed by atoms with van der Waals surface area (Å²) in [5.74, 6) is 0. The summed E-state index contributed by atoms with van der Waals surface area (Å²) in [5.41, 5.74) is 5.22. The van der Waals surface area contributed by atoms with E-state index in [9.17, 15) is 4.79 Å². The maximum Gasteiger partial charge on any atom is 0.320 e. The highest BCUT2D eigenvalue weighted by atomic mass is 16.2. The molecule has 1 atom stereocenters. The van der Waals surface area contributed by atoms with E-state index in [0.29, 0.717) is 0 Å². The molecule has 5 rings (SSSR count). The zero-order valence-corrected chi connectivity index (χ0v) is 15.5. The first kappa shape index (κ1) is 17.1. The van der Waals surface area contributed by atoms with Gasteiger partial charge in [-0.05, 0) is 29.3 Å². The normalized spacial score (nSPS) is 16.4. The molecule has 0 saturated heterocycles. The summed E-state index contributed by atoms with van der Waals surface area (Å²) < 4.78 is 0. The van der Waals surface area contributed by atoms with E-state index in [0.717, 1.165) is 39.0 Å². The van der Waals surface area contributed by atoms with Crippen molar-refractivity contribution in [3.05, 3.63) is 108 Å². The molecule has 1 unspecified atom stereocenters. The maximum absolute atomic E-state index is 12.5. The molecule has 1 aliphatic heterocycles. The quantitative estimate of drug-likeness (QED) is 0.549. The van der Waals surface area contributed by atoms with E-state index in [1.54, 1.807) is 12.4 Å². The van der Waals surface area contributed by atoms with Crippen molar-refractivity contribution >= 4 is 28.2 Å². The smallest absolute Gasteiger partial charge is 0.320 e. The molecule has 0 fully saturated rings. The Hall–Kier alpha value is -3.99. The second kappa shape index (κ2) is 7.20. The summed E-state index contributed by atoms with van der Waals surface area (Å²) in [4.78, 5) is 21.7. The van der Waals surface area contributed by atoms with Gasteiger partial charge in [-0.1, -0.05) is 60.7 Å². The Kier molecular flexibility index (Phi) is 4.26. The first-order valence-electron chi connectivity index (χ1n) is 9.43. The molecule has 0 aliphatic carbocycles. The van der Waals surface area contributed by atoms with Gasteiger partial charge in [0.15, 0.2) is 0 Å². The number of urea groups is 1. The molecule has 0 radical (unpaired) electrons. The zero-order valence-electron chi connectivity index (χ0n) is 15.5. The lowest BCUT2D eigenvalue weighted by molar-refractivity contribution is 0.242. The number of fused-ring (bicyclic) bond motifs is 1. The third-order valence-electron chi connectivity index (χ3n) is 5.03. The SMILES string of the molecule is O=C1NC(c2ccccc2)=C(c2ccc3ccccc3n2)C(c2cccnc2)N1. The number of amides is 2. The number of aromatic nitrogens is 2. The van der Waals surface area contributed by atoms with Gasteiger partial charge in [-0.3, -0.25) is 4.98 Å². The van der Waals surface area contributed by atoms with Crippen LogP contribution in [-0.2, 0) is 0 Å². The Balaban J connectivity index is 1.78. The van der Waals surface area contributed by atoms with Gasteiger partial charge in [0.2, 0.25) is 0 Å². The van der Waals surface area contributed by atoms with Crippen molar-refractivity contribution in [2.45, 2.75) is 6.04 Å². The number of hydrogen-bond donors (Lipinski definition) is 2. The van der Waals surface area contributed by atoms with Gasteiger partial charge in [-0.25, -0.2) is 9.78 Å². The largest absolute Gasteiger partial charge is 0.327 e. The topological polar surface area (TPSA) is 66.9 Å². The highest BCUT2D eigenvalue weighted by molar-refractivity contribution is 6.03. The fourth-order valence-electron chi connectivity index (χ4n) is 3.69. The van der Waals surface area contributed by atoms with E-state index in [-0.39, 0.29) is 12.1 Å². The van der Waals surface area contributed by atoms with Crippen LogP contribution in [0, 0.1) is 0 Å². The van der Waals surface area contributed by atoms with Crippen molar-refractivity contribution < 1.29 is 4.79 Å². The average Bonchev–Trinajstić information content (AvgIpc) is 2.79. The summed E-state index contributed by atoms with van der Waals surface area (Å²) in [7, 11) is 0. The molecule has 3 heterocycles. The Labute approximate surface area is 168 Å². The van der Waals surface area contributed by atoms with Gasteiger partial charge in [-0.2, -0.15) is 0 Å². The van der Waals surface area contributed by atoms with E-state index in [2.05, 4.69) is 21.7 Å². The molecule has 1 aliphatic rings. The third kappa shape index (κ3) is 3.23. The second-order valence-electron chi connectivity index (χ2n) is 6.86. The fraction of sp³-hybridized carbons (Fsp3) is 0.0417. The zero-order chi connectivity index (χ0) is 19.6. The van der Waals surface area contributed by atoms with Gasteiger partial charge in [-0.15, -0.1) is 0 Å². The van der Waals surface area contributed by atoms with Crippen molar-refractivity contribution in [2.75, 3.05) is 0 Å². The molecule has 2 N–H and O–H groups in total. The number of pyridine rings is 2. The van der Waals surface area contributed by atoms with E-state index in [1.807, 2.05) is 72.8 Å². The first-order valence-corrected chi connectivity index (χ1v) is 9.43. The van der Waals surface area contributed by atoms with E-state index < -0.39 is 0 Å². The number of rotatable bonds is 3. The van der Waals surface area contributed by atoms with Crippen LogP contribution < -0.4 is 10.6 Å². The molecule has 2 amide bonds. The van der Waals surface area contributed by atoms with Crippen LogP contribution in [0.15, 0.2) is 91.3 Å². The van der Waals surface area contributed by atoms with Crippen LogP contribution in [0.1, 0.15) is 22.9 Å². The van der Waals surface area contributed by atoms with Crippen LogP contribution in [0.2, 0.25) is 0 Å². The van der Waals surface area contributed by atoms with Crippen LogP contribution in [0.5, 0.6) is 0 Å². The Morgan fingerprint density at radius 1 is 0.828 bits per heavy atom. The van der Waals surface area contributed by atoms with Crippen LogP contribution in [0.3, 0.4) is 0 Å². The Morgan fingerprint density at radius 3 is 2.48 bits per heavy atom. The summed E-state index contributed by atoms with van der Waals surface area (Å²) >= 11 is 0. The lowest BCUT2D eigenvalue weighted by atomic mass is 9.91. The van der Waals surface area contributed by atoms with Crippen LogP contribution in [0.25, 0.3) is 22.2 Å². The minimum atomic E-state index is -0.360. The molecule has 5 nitrogen and oxygen atoms in total. The first-order chi connectivity index (χ1) is 14.3. The Bertz CT molecular complexity index is 1220. The van der Waals surface area contributed by atoms with Crippen LogP contribution in [-0.4, -0.2) is 16.0 Å². The molecule has 4 aromatic rings. The lowest BCUT2D eigenvalue weighted by Gasteiger charge is -2.30. The minimum absolute atomic E-state index is 0.248. The van der Waals surface area contributed by atoms with Crippen molar-refractivity contribution in [1.82, 2.24) is 20.6 Å². The van der Waals surface area contributed by atoms with Gasteiger partial charge in [0.05, 0.1) is 22.9 Å². The predicted molar refractivity (Wildman–Crippen MR) is 114 cm³/mol. The maximum atomic E-state index is 12.5. The molecule has 0 saturated carbocycles. The highest BCUT2D eigenvalue weighted by Crippen LogP contribution is 2.37. The van der Waals surface area contributed by atoms with Gasteiger partial charge in [0, 0.05) is 23.4 Å². The molecule has 0 spiro atoms.